The van der Waals surface area contributed by atoms with Gasteiger partial charge in [-0.15, -0.1) is 0 Å². The SMILES string of the molecule is CCCCC(=O)N(CCOC)CC(=O)N(CCOC)Cc1cccn1C. The Morgan fingerprint density at radius 1 is 1.08 bits per heavy atom. The molecule has 1 rings (SSSR count). The van der Waals surface area contributed by atoms with Gasteiger partial charge in [0.1, 0.15) is 0 Å². The van der Waals surface area contributed by atoms with Crippen LogP contribution in [-0.2, 0) is 32.7 Å². The summed E-state index contributed by atoms with van der Waals surface area (Å²) in [7, 11) is 5.16. The van der Waals surface area contributed by atoms with Crippen molar-refractivity contribution < 1.29 is 19.1 Å². The highest BCUT2D eigenvalue weighted by Gasteiger charge is 2.21. The number of aryl methyl sites for hydroxylation is 1. The lowest BCUT2D eigenvalue weighted by molar-refractivity contribution is -0.141. The van der Waals surface area contributed by atoms with E-state index < -0.39 is 0 Å². The van der Waals surface area contributed by atoms with Crippen molar-refractivity contribution in [3.05, 3.63) is 24.0 Å². The van der Waals surface area contributed by atoms with Crippen molar-refractivity contribution in [3.8, 4) is 0 Å². The minimum Gasteiger partial charge on any atom is -0.383 e. The van der Waals surface area contributed by atoms with Crippen molar-refractivity contribution in [2.45, 2.75) is 32.7 Å². The molecule has 0 unspecified atom stereocenters. The molecule has 0 N–H and O–H groups in total. The number of amides is 2. The highest BCUT2D eigenvalue weighted by Crippen LogP contribution is 2.08. The van der Waals surface area contributed by atoms with Gasteiger partial charge in [-0.25, -0.2) is 0 Å². The summed E-state index contributed by atoms with van der Waals surface area (Å²) in [6.45, 7) is 4.39. The van der Waals surface area contributed by atoms with Gasteiger partial charge in [0.25, 0.3) is 0 Å². The Balaban J connectivity index is 2.78. The van der Waals surface area contributed by atoms with Gasteiger partial charge in [0.2, 0.25) is 11.8 Å². The summed E-state index contributed by atoms with van der Waals surface area (Å²) in [5, 5.41) is 0. The molecule has 0 atom stereocenters. The summed E-state index contributed by atoms with van der Waals surface area (Å²) >= 11 is 0. The third-order valence-corrected chi connectivity index (χ3v) is 4.31. The Hall–Kier alpha value is -1.86. The predicted molar refractivity (Wildman–Crippen MR) is 101 cm³/mol. The second-order valence-electron chi connectivity index (χ2n) is 6.33. The summed E-state index contributed by atoms with van der Waals surface area (Å²) in [5.74, 6) is -0.0768. The molecular weight excluding hydrogens is 334 g/mol. The maximum Gasteiger partial charge on any atom is 0.242 e. The largest absolute Gasteiger partial charge is 0.383 e. The summed E-state index contributed by atoms with van der Waals surface area (Å²) in [5.41, 5.74) is 1.04. The topological polar surface area (TPSA) is 64.0 Å². The third-order valence-electron chi connectivity index (χ3n) is 4.31. The van der Waals surface area contributed by atoms with E-state index in [9.17, 15) is 9.59 Å². The zero-order valence-electron chi connectivity index (χ0n) is 16.6. The number of nitrogens with zero attached hydrogens (tertiary/aromatic N) is 3. The lowest BCUT2D eigenvalue weighted by atomic mass is 10.2. The number of aromatic nitrogens is 1. The first-order valence-electron chi connectivity index (χ1n) is 9.17. The van der Waals surface area contributed by atoms with Gasteiger partial charge in [-0.3, -0.25) is 9.59 Å². The molecule has 0 aliphatic heterocycles. The van der Waals surface area contributed by atoms with Gasteiger partial charge in [0, 0.05) is 52.7 Å². The van der Waals surface area contributed by atoms with E-state index in [-0.39, 0.29) is 18.4 Å². The molecule has 0 radical (unpaired) electrons. The van der Waals surface area contributed by atoms with Crippen LogP contribution in [0.5, 0.6) is 0 Å². The summed E-state index contributed by atoms with van der Waals surface area (Å²) in [4.78, 5) is 28.6. The Morgan fingerprint density at radius 3 is 2.27 bits per heavy atom. The second-order valence-corrected chi connectivity index (χ2v) is 6.33. The minimum atomic E-state index is -0.0794. The van der Waals surface area contributed by atoms with Gasteiger partial charge in [0.15, 0.2) is 0 Å². The fourth-order valence-electron chi connectivity index (χ4n) is 2.59. The van der Waals surface area contributed by atoms with Crippen LogP contribution in [0.2, 0.25) is 0 Å². The maximum atomic E-state index is 12.9. The van der Waals surface area contributed by atoms with Crippen molar-refractivity contribution in [1.29, 1.82) is 0 Å². The van der Waals surface area contributed by atoms with Crippen LogP contribution in [0.25, 0.3) is 0 Å². The molecule has 0 saturated carbocycles. The number of carbonyl (C=O) groups excluding carboxylic acids is 2. The summed E-state index contributed by atoms with van der Waals surface area (Å²) in [6, 6.07) is 3.94. The number of carbonyl (C=O) groups is 2. The van der Waals surface area contributed by atoms with Crippen LogP contribution in [0, 0.1) is 0 Å². The number of unbranched alkanes of at least 4 members (excludes halogenated alkanes) is 1. The average Bonchev–Trinajstić information content (AvgIpc) is 3.04. The van der Waals surface area contributed by atoms with Crippen LogP contribution in [0.4, 0.5) is 0 Å². The van der Waals surface area contributed by atoms with E-state index in [1.165, 1.54) is 0 Å². The van der Waals surface area contributed by atoms with Crippen molar-refractivity contribution in [2.75, 3.05) is 47.1 Å². The first-order chi connectivity index (χ1) is 12.5. The normalized spacial score (nSPS) is 10.8. The Labute approximate surface area is 156 Å². The monoisotopic (exact) mass is 367 g/mol. The Bertz CT molecular complexity index is 545. The molecule has 2 amide bonds. The molecular formula is C19H33N3O4. The van der Waals surface area contributed by atoms with Crippen LogP contribution < -0.4 is 0 Å². The van der Waals surface area contributed by atoms with Crippen LogP contribution in [-0.4, -0.2) is 73.2 Å². The molecule has 7 nitrogen and oxygen atoms in total. The van der Waals surface area contributed by atoms with E-state index in [1.54, 1.807) is 24.0 Å². The number of hydrogen-bond donors (Lipinski definition) is 0. The van der Waals surface area contributed by atoms with Gasteiger partial charge >= 0.3 is 0 Å². The lowest BCUT2D eigenvalue weighted by Gasteiger charge is -2.27. The standard InChI is InChI=1S/C19H33N3O4/c1-5-6-9-18(23)22(12-14-26-4)16-19(24)21(11-13-25-3)15-17-8-7-10-20(17)2/h7-8,10H,5-6,9,11-16H2,1-4H3. The molecule has 0 fully saturated rings. The van der Waals surface area contributed by atoms with Crippen LogP contribution in [0.1, 0.15) is 31.9 Å². The van der Waals surface area contributed by atoms with Gasteiger partial charge in [-0.1, -0.05) is 13.3 Å². The molecule has 0 spiro atoms. The Kier molecular flexibility index (Phi) is 10.7. The van der Waals surface area contributed by atoms with Crippen molar-refractivity contribution in [1.82, 2.24) is 14.4 Å². The van der Waals surface area contributed by atoms with E-state index in [1.807, 2.05) is 36.9 Å². The van der Waals surface area contributed by atoms with Crippen LogP contribution in [0.3, 0.4) is 0 Å². The van der Waals surface area contributed by atoms with Crippen LogP contribution in [0.15, 0.2) is 18.3 Å². The first kappa shape index (κ1) is 22.2. The highest BCUT2D eigenvalue weighted by atomic mass is 16.5. The zero-order valence-corrected chi connectivity index (χ0v) is 16.6. The molecule has 7 heteroatoms. The van der Waals surface area contributed by atoms with E-state index in [4.69, 9.17) is 9.47 Å². The molecule has 0 aromatic carbocycles. The average molecular weight is 367 g/mol. The van der Waals surface area contributed by atoms with E-state index >= 15 is 0 Å². The van der Waals surface area contributed by atoms with Crippen molar-refractivity contribution >= 4 is 11.8 Å². The number of ether oxygens (including phenoxy) is 2. The summed E-state index contributed by atoms with van der Waals surface area (Å²) in [6.07, 6.45) is 4.19. The van der Waals surface area contributed by atoms with E-state index in [0.717, 1.165) is 18.5 Å². The predicted octanol–water partition coefficient (Wildman–Crippen LogP) is 1.67. The molecule has 148 valence electrons. The van der Waals surface area contributed by atoms with E-state index in [2.05, 4.69) is 0 Å². The third kappa shape index (κ3) is 7.58. The highest BCUT2D eigenvalue weighted by molar-refractivity contribution is 5.84. The smallest absolute Gasteiger partial charge is 0.242 e. The molecule has 26 heavy (non-hydrogen) atoms. The molecule has 1 aromatic rings. The second kappa shape index (κ2) is 12.5. The quantitative estimate of drug-likeness (QED) is 0.532. The van der Waals surface area contributed by atoms with Crippen molar-refractivity contribution in [3.63, 3.8) is 0 Å². The molecule has 1 aromatic heterocycles. The molecule has 0 bridgehead atoms. The van der Waals surface area contributed by atoms with E-state index in [0.29, 0.717) is 39.3 Å². The first-order valence-corrected chi connectivity index (χ1v) is 9.17. The fraction of sp³-hybridized carbons (Fsp3) is 0.684. The fourth-order valence-corrected chi connectivity index (χ4v) is 2.59. The molecule has 1 heterocycles. The number of hydrogen-bond acceptors (Lipinski definition) is 4. The Morgan fingerprint density at radius 2 is 1.73 bits per heavy atom. The minimum absolute atomic E-state index is 0.00260. The van der Waals surface area contributed by atoms with Gasteiger partial charge < -0.3 is 23.8 Å². The molecule has 0 aliphatic carbocycles. The molecule has 0 aliphatic rings. The lowest BCUT2D eigenvalue weighted by Crippen LogP contribution is -2.45. The number of methoxy groups -OCH3 is 2. The van der Waals surface area contributed by atoms with Gasteiger partial charge in [-0.2, -0.15) is 0 Å². The maximum absolute atomic E-state index is 12.9. The summed E-state index contributed by atoms with van der Waals surface area (Å²) < 4.78 is 12.2. The van der Waals surface area contributed by atoms with Crippen LogP contribution >= 0.6 is 0 Å². The number of rotatable bonds is 13. The van der Waals surface area contributed by atoms with Gasteiger partial charge in [0.05, 0.1) is 26.3 Å². The zero-order chi connectivity index (χ0) is 19.4. The van der Waals surface area contributed by atoms with Gasteiger partial charge in [-0.05, 0) is 18.6 Å². The molecule has 0 saturated heterocycles. The van der Waals surface area contributed by atoms with Crippen molar-refractivity contribution in [2.24, 2.45) is 7.05 Å².